The number of oxazole rings is 1. The van der Waals surface area contributed by atoms with Crippen LogP contribution in [-0.4, -0.2) is 9.55 Å². The highest BCUT2D eigenvalue weighted by atomic mass is 16.3. The number of aromatic nitrogens is 3. The van der Waals surface area contributed by atoms with Crippen LogP contribution in [0.2, 0.25) is 0 Å². The zero-order chi connectivity index (χ0) is 25.3. The number of imidazole rings is 1. The molecule has 0 radical (unpaired) electrons. The van der Waals surface area contributed by atoms with Crippen LogP contribution in [-0.2, 0) is 7.05 Å². The Bertz CT molecular complexity index is 1760. The Morgan fingerprint density at radius 1 is 0.943 bits per heavy atom. The van der Waals surface area contributed by atoms with Crippen LogP contribution in [0.1, 0.15) is 57.6 Å². The first-order chi connectivity index (χ1) is 17.3. The van der Waals surface area contributed by atoms with Crippen LogP contribution in [0.3, 0.4) is 0 Å². The Labute approximate surface area is 206 Å². The molecular formula is C30H30N3O2+. The third-order valence-electron chi connectivity index (χ3n) is 7.08. The standard InChI is InChI=1S/C30H30N3O2/c1-17(2)20-8-7-9-21(18(3)4)27(20)33-15-14-32(6)30(33)25-19(5)10-11-22-23-12-13-24-26(31-16-34-24)29(23)35-28(22)25/h7-18H,1-6H3/q+1/i16D. The molecule has 5 heteroatoms. The number of fused-ring (bicyclic) bond motifs is 5. The molecule has 35 heavy (non-hydrogen) atoms. The van der Waals surface area contributed by atoms with Crippen molar-refractivity contribution in [2.45, 2.75) is 46.5 Å². The van der Waals surface area contributed by atoms with Gasteiger partial charge in [-0.05, 0) is 36.5 Å². The van der Waals surface area contributed by atoms with Gasteiger partial charge in [-0.15, -0.1) is 0 Å². The van der Waals surface area contributed by atoms with Crippen LogP contribution < -0.4 is 4.57 Å². The molecular weight excluding hydrogens is 434 g/mol. The van der Waals surface area contributed by atoms with Gasteiger partial charge in [-0.2, -0.15) is 4.57 Å². The average molecular weight is 466 g/mol. The highest BCUT2D eigenvalue weighted by Gasteiger charge is 2.30. The summed E-state index contributed by atoms with van der Waals surface area (Å²) in [6.45, 7) is 11.1. The zero-order valence-corrected chi connectivity index (χ0v) is 21.0. The number of furan rings is 1. The number of benzene rings is 3. The van der Waals surface area contributed by atoms with Crippen LogP contribution in [0.4, 0.5) is 0 Å². The molecule has 0 fully saturated rings. The number of hydrogen-bond acceptors (Lipinski definition) is 3. The van der Waals surface area contributed by atoms with Gasteiger partial charge in [-0.1, -0.05) is 58.0 Å². The summed E-state index contributed by atoms with van der Waals surface area (Å²) in [7, 11) is 2.09. The predicted molar refractivity (Wildman–Crippen MR) is 140 cm³/mol. The lowest BCUT2D eigenvalue weighted by Gasteiger charge is -2.18. The van der Waals surface area contributed by atoms with Gasteiger partial charge >= 0.3 is 0 Å². The van der Waals surface area contributed by atoms with Crippen LogP contribution >= 0.6 is 0 Å². The van der Waals surface area contributed by atoms with E-state index in [-0.39, 0.29) is 6.37 Å². The molecule has 3 aromatic carbocycles. The van der Waals surface area contributed by atoms with Crippen molar-refractivity contribution in [3.63, 3.8) is 0 Å². The van der Waals surface area contributed by atoms with Crippen molar-refractivity contribution in [3.8, 4) is 17.1 Å². The van der Waals surface area contributed by atoms with Crippen molar-refractivity contribution < 1.29 is 14.8 Å². The molecule has 0 unspecified atom stereocenters. The number of rotatable bonds is 4. The fourth-order valence-corrected chi connectivity index (χ4v) is 5.30. The highest BCUT2D eigenvalue weighted by molar-refractivity contribution is 6.15. The van der Waals surface area contributed by atoms with E-state index in [2.05, 4.69) is 98.5 Å². The fourth-order valence-electron chi connectivity index (χ4n) is 5.30. The topological polar surface area (TPSA) is 48.0 Å². The number of aryl methyl sites for hydroxylation is 2. The third kappa shape index (κ3) is 3.14. The van der Waals surface area contributed by atoms with Crippen LogP contribution in [0.25, 0.3) is 50.1 Å². The van der Waals surface area contributed by atoms with E-state index in [1.54, 1.807) is 0 Å². The minimum atomic E-state index is -0.110. The van der Waals surface area contributed by atoms with E-state index in [0.29, 0.717) is 28.5 Å². The SMILES string of the molecule is [2H]c1nc2c(ccc3c4ccc(C)c(-c5n(-c6c(C(C)C)cccc6C(C)C)cc[n+]5C)c4oc32)o1. The first-order valence-electron chi connectivity index (χ1n) is 12.7. The maximum atomic E-state index is 7.86. The first-order valence-corrected chi connectivity index (χ1v) is 12.2. The number of para-hydroxylation sites is 1. The van der Waals surface area contributed by atoms with Crippen LogP contribution in [0, 0.1) is 6.92 Å². The highest BCUT2D eigenvalue weighted by Crippen LogP contribution is 2.41. The Balaban J connectivity index is 1.72. The molecule has 0 aliphatic heterocycles. The Hall–Kier alpha value is -3.86. The summed E-state index contributed by atoms with van der Waals surface area (Å²) in [5, 5.41) is 1.99. The van der Waals surface area contributed by atoms with Crippen molar-refractivity contribution in [1.29, 1.82) is 0 Å². The predicted octanol–water partition coefficient (Wildman–Crippen LogP) is 7.56. The molecule has 6 rings (SSSR count). The minimum absolute atomic E-state index is 0.110. The van der Waals surface area contributed by atoms with Crippen LogP contribution in [0.5, 0.6) is 0 Å². The second-order valence-electron chi connectivity index (χ2n) is 10.0. The average Bonchev–Trinajstić information content (AvgIpc) is 3.52. The van der Waals surface area contributed by atoms with E-state index in [9.17, 15) is 0 Å². The van der Waals surface area contributed by atoms with E-state index in [4.69, 9.17) is 10.2 Å². The largest absolute Gasteiger partial charge is 0.453 e. The second kappa shape index (κ2) is 7.84. The molecule has 6 aromatic rings. The molecule has 3 heterocycles. The van der Waals surface area contributed by atoms with Crippen molar-refractivity contribution in [1.82, 2.24) is 9.55 Å². The van der Waals surface area contributed by atoms with Crippen LogP contribution in [0.15, 0.2) is 70.1 Å². The molecule has 0 atom stereocenters. The monoisotopic (exact) mass is 465 g/mol. The maximum absolute atomic E-state index is 7.86. The molecule has 0 saturated carbocycles. The molecule has 176 valence electrons. The van der Waals surface area contributed by atoms with Crippen molar-refractivity contribution in [2.75, 3.05) is 0 Å². The van der Waals surface area contributed by atoms with Gasteiger partial charge in [0, 0.05) is 21.9 Å². The molecule has 0 N–H and O–H groups in total. The van der Waals surface area contributed by atoms with Crippen molar-refractivity contribution in [3.05, 3.63) is 77.9 Å². The molecule has 5 nitrogen and oxygen atoms in total. The normalized spacial score (nSPS) is 12.6. The molecule has 0 aliphatic carbocycles. The first kappa shape index (κ1) is 20.5. The number of hydrogen-bond donors (Lipinski definition) is 0. The summed E-state index contributed by atoms with van der Waals surface area (Å²) < 4.78 is 24.4. The van der Waals surface area contributed by atoms with Crippen molar-refractivity contribution >= 4 is 33.0 Å². The van der Waals surface area contributed by atoms with E-state index in [1.165, 1.54) is 16.8 Å². The van der Waals surface area contributed by atoms with Gasteiger partial charge < -0.3 is 8.83 Å². The van der Waals surface area contributed by atoms with E-state index in [1.807, 2.05) is 12.1 Å². The molecule has 0 spiro atoms. The molecule has 0 aliphatic rings. The summed E-state index contributed by atoms with van der Waals surface area (Å²) in [5.74, 6) is 1.81. The number of nitrogens with zero attached hydrogens (tertiary/aromatic N) is 3. The third-order valence-corrected chi connectivity index (χ3v) is 7.08. The summed E-state index contributed by atoms with van der Waals surface area (Å²) in [6.07, 6.45) is 4.16. The lowest BCUT2D eigenvalue weighted by atomic mass is 9.92. The Morgan fingerprint density at radius 2 is 1.63 bits per heavy atom. The Morgan fingerprint density at radius 3 is 2.34 bits per heavy atom. The molecule has 0 bridgehead atoms. The van der Waals surface area contributed by atoms with Gasteiger partial charge in [0.2, 0.25) is 0 Å². The smallest absolute Gasteiger partial charge is 0.297 e. The summed E-state index contributed by atoms with van der Waals surface area (Å²) in [6, 6.07) is 14.8. The quantitative estimate of drug-likeness (QED) is 0.252. The van der Waals surface area contributed by atoms with Gasteiger partial charge in [-0.25, -0.2) is 9.55 Å². The summed E-state index contributed by atoms with van der Waals surface area (Å²) >= 11 is 0. The van der Waals surface area contributed by atoms with Gasteiger partial charge in [-0.3, -0.25) is 0 Å². The van der Waals surface area contributed by atoms with E-state index in [0.717, 1.165) is 33.3 Å². The lowest BCUT2D eigenvalue weighted by Crippen LogP contribution is -2.29. The minimum Gasteiger partial charge on any atom is -0.453 e. The van der Waals surface area contributed by atoms with Gasteiger partial charge in [0.25, 0.3) is 5.82 Å². The van der Waals surface area contributed by atoms with Gasteiger partial charge in [0.05, 0.1) is 7.05 Å². The fraction of sp³-hybridized carbons (Fsp3) is 0.267. The zero-order valence-electron chi connectivity index (χ0n) is 22.0. The molecule has 0 saturated heterocycles. The van der Waals surface area contributed by atoms with Crippen molar-refractivity contribution in [2.24, 2.45) is 7.05 Å². The molecule has 3 aromatic heterocycles. The van der Waals surface area contributed by atoms with Gasteiger partial charge in [0.1, 0.15) is 25.0 Å². The lowest BCUT2D eigenvalue weighted by molar-refractivity contribution is -0.659. The summed E-state index contributed by atoms with van der Waals surface area (Å²) in [4.78, 5) is 4.29. The summed E-state index contributed by atoms with van der Waals surface area (Å²) in [5.41, 5.74) is 8.67. The second-order valence-corrected chi connectivity index (χ2v) is 10.0. The van der Waals surface area contributed by atoms with E-state index >= 15 is 0 Å². The van der Waals surface area contributed by atoms with E-state index < -0.39 is 0 Å². The maximum Gasteiger partial charge on any atom is 0.297 e. The Kier molecular flexibility index (Phi) is 4.59. The molecule has 0 amide bonds. The van der Waals surface area contributed by atoms with Gasteiger partial charge in [0.15, 0.2) is 28.6 Å².